The number of amides is 2. The molecule has 9 rings (SSSR count). The van der Waals surface area contributed by atoms with Crippen molar-refractivity contribution in [1.29, 1.82) is 0 Å². The number of hydrogen-bond donors (Lipinski definition) is 3. The van der Waals surface area contributed by atoms with Gasteiger partial charge in [-0.3, -0.25) is 14.9 Å². The van der Waals surface area contributed by atoms with E-state index in [4.69, 9.17) is 4.74 Å². The van der Waals surface area contributed by atoms with Crippen molar-refractivity contribution in [3.05, 3.63) is 119 Å². The number of phenols is 1. The summed E-state index contributed by atoms with van der Waals surface area (Å²) in [7, 11) is 0. The first kappa shape index (κ1) is 35.8. The summed E-state index contributed by atoms with van der Waals surface area (Å²) >= 11 is 0. The van der Waals surface area contributed by atoms with Gasteiger partial charge in [0, 0.05) is 60.9 Å². The van der Waals surface area contributed by atoms with E-state index < -0.39 is 6.04 Å². The standard InChI is InChI=1S/C46H51FN4O4/c47-40-24-34(48-41-14-15-43(53)49-45(41)54)8-12-37(40)32-16-20-50(21-17-32)28-30-26-46(27-30)18-22-51(23-19-46)35-9-6-33(7-10-35)44-38-13-11-36(52)25-42(38)55-29-39(44)31-4-2-1-3-5-31/h1-13,24-25,30,32,39,41,44,48,52H,14-23,26-29H2,(H,49,53,54)/t39-,41?,44-/m1/s1. The average molecular weight is 743 g/mol. The third-order valence-electron chi connectivity index (χ3n) is 13.4. The molecular weight excluding hydrogens is 692 g/mol. The SMILES string of the molecule is O=C1CCC(Nc2ccc(C3CCN(CC4CC5(CCN(c6ccc([C@@H]7c8ccc(O)cc8OC[C@@H]7c7ccccc7)cc6)CC5)C4)CC3)c(F)c2)C(=O)N1. The van der Waals surface area contributed by atoms with Crippen LogP contribution in [0.4, 0.5) is 15.8 Å². The lowest BCUT2D eigenvalue weighted by molar-refractivity contribution is -0.133. The van der Waals surface area contributed by atoms with Gasteiger partial charge in [-0.05, 0) is 122 Å². The molecular formula is C46H51FN4O4. The summed E-state index contributed by atoms with van der Waals surface area (Å²) in [5.74, 6) is 1.46. The number of ether oxygens (including phenoxy) is 1. The van der Waals surface area contributed by atoms with Crippen molar-refractivity contribution in [2.45, 2.75) is 75.2 Å². The number of halogens is 1. The molecule has 5 aliphatic rings. The van der Waals surface area contributed by atoms with Gasteiger partial charge in [0.25, 0.3) is 0 Å². The number of anilines is 2. The molecule has 8 nitrogen and oxygen atoms in total. The highest BCUT2D eigenvalue weighted by Gasteiger charge is 2.46. The lowest BCUT2D eigenvalue weighted by atomic mass is 9.57. The van der Waals surface area contributed by atoms with E-state index in [0.29, 0.717) is 24.1 Å². The maximum absolute atomic E-state index is 15.3. The van der Waals surface area contributed by atoms with Crippen molar-refractivity contribution in [1.82, 2.24) is 10.2 Å². The van der Waals surface area contributed by atoms with E-state index in [2.05, 4.69) is 75.0 Å². The van der Waals surface area contributed by atoms with Gasteiger partial charge >= 0.3 is 0 Å². The maximum Gasteiger partial charge on any atom is 0.249 e. The van der Waals surface area contributed by atoms with Crippen molar-refractivity contribution < 1.29 is 23.8 Å². The molecule has 4 aliphatic heterocycles. The Morgan fingerprint density at radius 3 is 2.31 bits per heavy atom. The molecule has 1 saturated carbocycles. The zero-order valence-electron chi connectivity index (χ0n) is 31.4. The third-order valence-corrected chi connectivity index (χ3v) is 13.4. The summed E-state index contributed by atoms with van der Waals surface area (Å²) in [6.45, 7) is 5.91. The number of phenolic OH excluding ortho intramolecular Hbond substituents is 1. The van der Waals surface area contributed by atoms with Crippen molar-refractivity contribution in [2.75, 3.05) is 49.5 Å². The van der Waals surface area contributed by atoms with Crippen LogP contribution in [0.2, 0.25) is 0 Å². The van der Waals surface area contributed by atoms with Crippen LogP contribution < -0.4 is 20.3 Å². The molecule has 55 heavy (non-hydrogen) atoms. The first-order chi connectivity index (χ1) is 26.8. The van der Waals surface area contributed by atoms with Crippen LogP contribution in [0.3, 0.4) is 0 Å². The minimum Gasteiger partial charge on any atom is -0.508 e. The molecule has 1 spiro atoms. The minimum atomic E-state index is -0.517. The van der Waals surface area contributed by atoms with Crippen LogP contribution in [0.15, 0.2) is 91.0 Å². The number of hydrogen-bond acceptors (Lipinski definition) is 7. The molecule has 1 aliphatic carbocycles. The quantitative estimate of drug-likeness (QED) is 0.158. The fourth-order valence-electron chi connectivity index (χ4n) is 10.4. The summed E-state index contributed by atoms with van der Waals surface area (Å²) < 4.78 is 21.4. The average Bonchev–Trinajstić information content (AvgIpc) is 3.19. The van der Waals surface area contributed by atoms with Crippen molar-refractivity contribution in [3.63, 3.8) is 0 Å². The molecule has 3 atom stereocenters. The van der Waals surface area contributed by atoms with Crippen molar-refractivity contribution in [3.8, 4) is 11.5 Å². The second-order valence-corrected chi connectivity index (χ2v) is 16.8. The number of rotatable bonds is 8. The number of benzene rings is 4. The van der Waals surface area contributed by atoms with E-state index in [-0.39, 0.29) is 47.6 Å². The van der Waals surface area contributed by atoms with E-state index in [0.717, 1.165) is 68.4 Å². The first-order valence-electron chi connectivity index (χ1n) is 20.3. The molecule has 4 fully saturated rings. The van der Waals surface area contributed by atoms with Gasteiger partial charge < -0.3 is 25.0 Å². The number of imide groups is 1. The Balaban J connectivity index is 0.751. The zero-order valence-corrected chi connectivity index (χ0v) is 31.4. The van der Waals surface area contributed by atoms with Gasteiger partial charge in [0.2, 0.25) is 11.8 Å². The van der Waals surface area contributed by atoms with E-state index in [9.17, 15) is 14.7 Å². The molecule has 9 heteroatoms. The number of aromatic hydroxyl groups is 1. The predicted molar refractivity (Wildman–Crippen MR) is 212 cm³/mol. The minimum absolute atomic E-state index is 0.145. The summed E-state index contributed by atoms with van der Waals surface area (Å²) in [4.78, 5) is 28.7. The number of carbonyl (C=O) groups excluding carboxylic acids is 2. The molecule has 0 radical (unpaired) electrons. The van der Waals surface area contributed by atoms with Crippen LogP contribution in [0.5, 0.6) is 11.5 Å². The summed E-state index contributed by atoms with van der Waals surface area (Å²) in [5, 5.41) is 15.6. The Morgan fingerprint density at radius 2 is 1.58 bits per heavy atom. The molecule has 0 aromatic heterocycles. The highest BCUT2D eigenvalue weighted by atomic mass is 19.1. The normalized spacial score (nSPS) is 24.5. The number of nitrogens with one attached hydrogen (secondary N) is 2. The molecule has 3 saturated heterocycles. The summed E-state index contributed by atoms with van der Waals surface area (Å²) in [6, 6.07) is 30.1. The van der Waals surface area contributed by atoms with Gasteiger partial charge in [0.15, 0.2) is 0 Å². The van der Waals surface area contributed by atoms with Crippen LogP contribution in [0, 0.1) is 17.2 Å². The Morgan fingerprint density at radius 1 is 0.836 bits per heavy atom. The zero-order chi connectivity index (χ0) is 37.5. The van der Waals surface area contributed by atoms with E-state index in [1.807, 2.05) is 18.2 Å². The summed E-state index contributed by atoms with van der Waals surface area (Å²) in [6.07, 6.45) is 7.74. The monoisotopic (exact) mass is 742 g/mol. The smallest absolute Gasteiger partial charge is 0.249 e. The highest BCUT2D eigenvalue weighted by molar-refractivity contribution is 6.01. The second-order valence-electron chi connectivity index (χ2n) is 16.8. The fourth-order valence-corrected chi connectivity index (χ4v) is 10.4. The van der Waals surface area contributed by atoms with Gasteiger partial charge in [0.1, 0.15) is 23.4 Å². The lowest BCUT2D eigenvalue weighted by Crippen LogP contribution is -2.50. The molecule has 0 bridgehead atoms. The topological polar surface area (TPSA) is 94.1 Å². The van der Waals surface area contributed by atoms with Crippen LogP contribution in [-0.2, 0) is 9.59 Å². The molecule has 2 amide bonds. The Kier molecular flexibility index (Phi) is 9.75. The van der Waals surface area contributed by atoms with Gasteiger partial charge in [-0.2, -0.15) is 0 Å². The van der Waals surface area contributed by atoms with Crippen LogP contribution in [0.1, 0.15) is 91.4 Å². The van der Waals surface area contributed by atoms with Gasteiger partial charge in [-0.1, -0.05) is 54.6 Å². The fraction of sp³-hybridized carbons (Fsp3) is 0.435. The number of likely N-dealkylation sites (tertiary alicyclic amines) is 1. The highest BCUT2D eigenvalue weighted by Crippen LogP contribution is 2.53. The van der Waals surface area contributed by atoms with E-state index in [1.54, 1.807) is 12.1 Å². The number of nitrogens with zero attached hydrogens (tertiary/aromatic N) is 2. The molecule has 4 aromatic rings. The molecule has 4 aromatic carbocycles. The van der Waals surface area contributed by atoms with Crippen LogP contribution in [-0.4, -0.2) is 67.2 Å². The number of carbonyl (C=O) groups is 2. The Bertz CT molecular complexity index is 2020. The van der Waals surface area contributed by atoms with Gasteiger partial charge in [-0.25, -0.2) is 4.39 Å². The van der Waals surface area contributed by atoms with E-state index in [1.165, 1.54) is 48.6 Å². The van der Waals surface area contributed by atoms with Crippen LogP contribution in [0.25, 0.3) is 0 Å². The van der Waals surface area contributed by atoms with Gasteiger partial charge in [-0.15, -0.1) is 0 Å². The first-order valence-corrected chi connectivity index (χ1v) is 20.3. The Hall–Kier alpha value is -4.89. The molecule has 1 unspecified atom stereocenters. The van der Waals surface area contributed by atoms with Crippen molar-refractivity contribution in [2.24, 2.45) is 11.3 Å². The number of fused-ring (bicyclic) bond motifs is 1. The van der Waals surface area contributed by atoms with Crippen molar-refractivity contribution >= 4 is 23.2 Å². The Labute approximate surface area is 323 Å². The third kappa shape index (κ3) is 7.43. The maximum atomic E-state index is 15.3. The largest absolute Gasteiger partial charge is 0.508 e. The number of piperidine rings is 3. The predicted octanol–water partition coefficient (Wildman–Crippen LogP) is 7.93. The lowest BCUT2D eigenvalue weighted by Gasteiger charge is -2.54. The molecule has 286 valence electrons. The second kappa shape index (κ2) is 15.0. The molecule has 3 N–H and O–H groups in total. The molecule has 4 heterocycles. The summed E-state index contributed by atoms with van der Waals surface area (Å²) in [5.41, 5.74) is 6.78. The van der Waals surface area contributed by atoms with Gasteiger partial charge in [0.05, 0.1) is 6.61 Å². The van der Waals surface area contributed by atoms with E-state index >= 15 is 4.39 Å². The van der Waals surface area contributed by atoms with Crippen LogP contribution >= 0.6 is 0 Å².